The zero-order chi connectivity index (χ0) is 18.1. The number of hydrogen-bond acceptors (Lipinski definition) is 3. The van der Waals surface area contributed by atoms with E-state index in [9.17, 15) is 4.79 Å². The molecule has 1 aromatic carbocycles. The lowest BCUT2D eigenvalue weighted by Crippen LogP contribution is -2.17. The molecule has 3 rings (SSSR count). The van der Waals surface area contributed by atoms with Crippen molar-refractivity contribution in [1.29, 1.82) is 0 Å². The van der Waals surface area contributed by atoms with Crippen molar-refractivity contribution >= 4 is 17.2 Å². The minimum absolute atomic E-state index is 0.160. The molecule has 1 N–H and O–H groups in total. The molecule has 2 heterocycles. The highest BCUT2D eigenvalue weighted by Crippen LogP contribution is 2.26. The summed E-state index contributed by atoms with van der Waals surface area (Å²) in [7, 11) is 1.61. The van der Waals surface area contributed by atoms with Crippen molar-refractivity contribution in [3.63, 3.8) is 0 Å². The molecule has 0 atom stereocenters. The van der Waals surface area contributed by atoms with Gasteiger partial charge in [0.25, 0.3) is 5.91 Å². The average molecular weight is 337 g/mol. The number of aryl methyl sites for hydroxylation is 4. The molecule has 0 fully saturated rings. The lowest BCUT2D eigenvalue weighted by Gasteiger charge is -2.13. The van der Waals surface area contributed by atoms with Gasteiger partial charge in [-0.2, -0.15) is 0 Å². The van der Waals surface area contributed by atoms with E-state index in [1.165, 1.54) is 5.56 Å². The molecule has 0 bridgehead atoms. The maximum atomic E-state index is 13.0. The number of methoxy groups -OCH3 is 1. The summed E-state index contributed by atoms with van der Waals surface area (Å²) in [4.78, 5) is 17.6. The highest BCUT2D eigenvalue weighted by atomic mass is 16.5. The zero-order valence-corrected chi connectivity index (χ0v) is 15.3. The van der Waals surface area contributed by atoms with Gasteiger partial charge in [0.05, 0.1) is 12.8 Å². The number of fused-ring (bicyclic) bond motifs is 1. The van der Waals surface area contributed by atoms with Crippen molar-refractivity contribution in [1.82, 2.24) is 9.38 Å². The lowest BCUT2D eigenvalue weighted by molar-refractivity contribution is 0.102. The van der Waals surface area contributed by atoms with Gasteiger partial charge in [0.2, 0.25) is 0 Å². The van der Waals surface area contributed by atoms with Gasteiger partial charge in [-0.05, 0) is 50.5 Å². The Morgan fingerprint density at radius 1 is 1.24 bits per heavy atom. The number of benzene rings is 1. The van der Waals surface area contributed by atoms with Crippen LogP contribution in [0.2, 0.25) is 0 Å². The molecule has 5 nitrogen and oxygen atoms in total. The Morgan fingerprint density at radius 3 is 2.52 bits per heavy atom. The number of carbonyl (C=O) groups is 1. The maximum absolute atomic E-state index is 13.0. The first-order valence-corrected chi connectivity index (χ1v) is 8.39. The van der Waals surface area contributed by atoms with Gasteiger partial charge in [0, 0.05) is 11.9 Å². The van der Waals surface area contributed by atoms with Crippen LogP contribution in [0.25, 0.3) is 5.65 Å². The Balaban J connectivity index is 2.09. The molecule has 5 heteroatoms. The molecule has 0 saturated heterocycles. The number of pyridine rings is 1. The second kappa shape index (κ2) is 6.59. The van der Waals surface area contributed by atoms with Crippen LogP contribution in [-0.4, -0.2) is 22.4 Å². The van der Waals surface area contributed by atoms with E-state index in [0.717, 1.165) is 22.5 Å². The van der Waals surface area contributed by atoms with Gasteiger partial charge in [-0.25, -0.2) is 4.98 Å². The standard InChI is InChI=1S/C20H23N3O2/c1-6-15-18(23-9-7-8-16(25-5)19(23)21-15)20(24)22-17-13(3)10-12(2)11-14(17)4/h7-11H,6H2,1-5H3,(H,22,24). The van der Waals surface area contributed by atoms with Crippen LogP contribution in [0.1, 0.15) is 39.8 Å². The topological polar surface area (TPSA) is 55.6 Å². The van der Waals surface area contributed by atoms with E-state index in [-0.39, 0.29) is 5.91 Å². The molecule has 25 heavy (non-hydrogen) atoms. The molecule has 0 unspecified atom stereocenters. The Kier molecular flexibility index (Phi) is 4.49. The first-order chi connectivity index (χ1) is 12.0. The third kappa shape index (κ3) is 2.97. The van der Waals surface area contributed by atoms with Crippen molar-refractivity contribution < 1.29 is 9.53 Å². The van der Waals surface area contributed by atoms with Gasteiger partial charge in [0.1, 0.15) is 5.69 Å². The number of hydrogen-bond donors (Lipinski definition) is 1. The van der Waals surface area contributed by atoms with E-state index in [1.54, 1.807) is 11.5 Å². The summed E-state index contributed by atoms with van der Waals surface area (Å²) in [5.74, 6) is 0.492. The fourth-order valence-electron chi connectivity index (χ4n) is 3.29. The Morgan fingerprint density at radius 2 is 1.92 bits per heavy atom. The Bertz CT molecular complexity index is 934. The van der Waals surface area contributed by atoms with Crippen LogP contribution in [-0.2, 0) is 6.42 Å². The fourth-order valence-corrected chi connectivity index (χ4v) is 3.29. The molecule has 0 radical (unpaired) electrons. The Hall–Kier alpha value is -2.82. The van der Waals surface area contributed by atoms with Crippen LogP contribution < -0.4 is 10.1 Å². The smallest absolute Gasteiger partial charge is 0.274 e. The van der Waals surface area contributed by atoms with Crippen LogP contribution in [0.5, 0.6) is 5.75 Å². The summed E-state index contributed by atoms with van der Waals surface area (Å²) in [6.07, 6.45) is 2.51. The van der Waals surface area contributed by atoms with E-state index < -0.39 is 0 Å². The van der Waals surface area contributed by atoms with E-state index in [2.05, 4.69) is 29.4 Å². The van der Waals surface area contributed by atoms with Gasteiger partial charge in [-0.3, -0.25) is 9.20 Å². The fraction of sp³-hybridized carbons (Fsp3) is 0.300. The van der Waals surface area contributed by atoms with Crippen LogP contribution in [0.4, 0.5) is 5.69 Å². The van der Waals surface area contributed by atoms with E-state index in [0.29, 0.717) is 23.5 Å². The summed E-state index contributed by atoms with van der Waals surface area (Å²) in [5, 5.41) is 3.07. The maximum Gasteiger partial charge on any atom is 0.274 e. The second-order valence-corrected chi connectivity index (χ2v) is 6.26. The van der Waals surface area contributed by atoms with Gasteiger partial charge in [0.15, 0.2) is 11.4 Å². The third-order valence-corrected chi connectivity index (χ3v) is 4.37. The monoisotopic (exact) mass is 337 g/mol. The number of carbonyl (C=O) groups excluding carboxylic acids is 1. The summed E-state index contributed by atoms with van der Waals surface area (Å²) < 4.78 is 7.17. The first-order valence-electron chi connectivity index (χ1n) is 8.39. The number of nitrogens with one attached hydrogen (secondary N) is 1. The van der Waals surface area contributed by atoms with Crippen molar-refractivity contribution in [2.75, 3.05) is 12.4 Å². The average Bonchev–Trinajstić information content (AvgIpc) is 2.96. The van der Waals surface area contributed by atoms with Gasteiger partial charge >= 0.3 is 0 Å². The second-order valence-electron chi connectivity index (χ2n) is 6.26. The predicted molar refractivity (Wildman–Crippen MR) is 99.7 cm³/mol. The molecule has 1 amide bonds. The molecule has 0 aliphatic carbocycles. The number of anilines is 1. The van der Waals surface area contributed by atoms with Gasteiger partial charge in [-0.15, -0.1) is 0 Å². The number of aromatic nitrogens is 2. The van der Waals surface area contributed by atoms with Crippen LogP contribution in [0, 0.1) is 20.8 Å². The van der Waals surface area contributed by atoms with Gasteiger partial charge < -0.3 is 10.1 Å². The number of imidazole rings is 1. The molecular formula is C20H23N3O2. The van der Waals surface area contributed by atoms with Crippen molar-refractivity contribution in [3.05, 3.63) is 58.5 Å². The van der Waals surface area contributed by atoms with Crippen LogP contribution >= 0.6 is 0 Å². The van der Waals surface area contributed by atoms with E-state index >= 15 is 0 Å². The molecule has 3 aromatic rings. The summed E-state index contributed by atoms with van der Waals surface area (Å²) in [6.45, 7) is 8.06. The highest BCUT2D eigenvalue weighted by Gasteiger charge is 2.21. The largest absolute Gasteiger partial charge is 0.493 e. The van der Waals surface area contributed by atoms with E-state index in [1.807, 2.05) is 39.1 Å². The molecule has 130 valence electrons. The van der Waals surface area contributed by atoms with Crippen molar-refractivity contribution in [2.24, 2.45) is 0 Å². The third-order valence-electron chi connectivity index (χ3n) is 4.37. The minimum atomic E-state index is -0.160. The minimum Gasteiger partial charge on any atom is -0.493 e. The summed E-state index contributed by atoms with van der Waals surface area (Å²) in [6, 6.07) is 7.84. The Labute approximate surface area is 147 Å². The lowest BCUT2D eigenvalue weighted by atomic mass is 10.0. The molecule has 0 aliphatic heterocycles. The molecule has 0 spiro atoms. The quantitative estimate of drug-likeness (QED) is 0.780. The van der Waals surface area contributed by atoms with Crippen LogP contribution in [0.15, 0.2) is 30.5 Å². The van der Waals surface area contributed by atoms with Crippen LogP contribution in [0.3, 0.4) is 0 Å². The molecule has 2 aromatic heterocycles. The molecule has 0 aliphatic rings. The van der Waals surface area contributed by atoms with E-state index in [4.69, 9.17) is 4.74 Å². The first kappa shape index (κ1) is 17.0. The summed E-state index contributed by atoms with van der Waals surface area (Å²) >= 11 is 0. The SMILES string of the molecule is CCc1nc2c(OC)cccn2c1C(=O)Nc1c(C)cc(C)cc1C. The van der Waals surface area contributed by atoms with Gasteiger partial charge in [-0.1, -0.05) is 24.6 Å². The normalized spacial score (nSPS) is 10.9. The molecular weight excluding hydrogens is 314 g/mol. The number of amides is 1. The number of rotatable bonds is 4. The van der Waals surface area contributed by atoms with Crippen molar-refractivity contribution in [3.8, 4) is 5.75 Å². The predicted octanol–water partition coefficient (Wildman–Crippen LogP) is 4.08. The zero-order valence-electron chi connectivity index (χ0n) is 15.3. The summed E-state index contributed by atoms with van der Waals surface area (Å²) in [5.41, 5.74) is 6.10. The molecule has 0 saturated carbocycles. The highest BCUT2D eigenvalue weighted by molar-refractivity contribution is 6.05. The number of ether oxygens (including phenoxy) is 1. The number of nitrogens with zero attached hydrogens (tertiary/aromatic N) is 2. The van der Waals surface area contributed by atoms with Crippen molar-refractivity contribution in [2.45, 2.75) is 34.1 Å².